The van der Waals surface area contributed by atoms with Gasteiger partial charge in [0.1, 0.15) is 0 Å². The van der Waals surface area contributed by atoms with Gasteiger partial charge in [-0.25, -0.2) is 18.1 Å². The number of rotatable bonds is 13. The Hall–Kier alpha value is -1.64. The molecular formula is C21H38N4O3S. The molecular weight excluding hydrogens is 388 g/mol. The van der Waals surface area contributed by atoms with Crippen LogP contribution in [0.4, 0.5) is 0 Å². The van der Waals surface area contributed by atoms with E-state index in [2.05, 4.69) is 34.2 Å². The molecule has 7 nitrogen and oxygen atoms in total. The molecule has 1 aromatic carbocycles. The van der Waals surface area contributed by atoms with Crippen molar-refractivity contribution >= 4 is 16.0 Å². The Labute approximate surface area is 176 Å². The van der Waals surface area contributed by atoms with E-state index in [1.165, 1.54) is 0 Å². The summed E-state index contributed by atoms with van der Waals surface area (Å²) in [7, 11) is -3.38. The second kappa shape index (κ2) is 13.6. The number of aliphatic imine (C=N–C) groups is 1. The molecule has 0 amide bonds. The number of hydrogen-bond donors (Lipinski definition) is 3. The molecule has 0 bridgehead atoms. The molecule has 0 unspecified atom stereocenters. The van der Waals surface area contributed by atoms with Gasteiger partial charge < -0.3 is 15.4 Å². The lowest BCUT2D eigenvalue weighted by Gasteiger charge is -2.14. The van der Waals surface area contributed by atoms with E-state index < -0.39 is 10.0 Å². The molecule has 3 N–H and O–H groups in total. The Kier molecular flexibility index (Phi) is 11.9. The van der Waals surface area contributed by atoms with Crippen LogP contribution in [0.2, 0.25) is 0 Å². The van der Waals surface area contributed by atoms with Crippen LogP contribution in [0, 0.1) is 5.92 Å². The monoisotopic (exact) mass is 426 g/mol. The minimum Gasteiger partial charge on any atom is -0.380 e. The van der Waals surface area contributed by atoms with Crippen LogP contribution in [0.25, 0.3) is 0 Å². The molecule has 0 atom stereocenters. The number of benzene rings is 1. The Morgan fingerprint density at radius 3 is 2.38 bits per heavy atom. The Morgan fingerprint density at radius 1 is 1.07 bits per heavy atom. The van der Waals surface area contributed by atoms with Crippen molar-refractivity contribution in [1.82, 2.24) is 15.4 Å². The highest BCUT2D eigenvalue weighted by molar-refractivity contribution is 7.88. The molecule has 29 heavy (non-hydrogen) atoms. The maximum absolute atomic E-state index is 12.3. The van der Waals surface area contributed by atoms with Crippen LogP contribution < -0.4 is 15.4 Å². The zero-order valence-corrected chi connectivity index (χ0v) is 19.3. The second-order valence-corrected chi connectivity index (χ2v) is 9.47. The first-order valence-electron chi connectivity index (χ1n) is 10.4. The fourth-order valence-corrected chi connectivity index (χ4v) is 4.12. The van der Waals surface area contributed by atoms with Gasteiger partial charge in [0, 0.05) is 25.7 Å². The van der Waals surface area contributed by atoms with Gasteiger partial charge in [-0.3, -0.25) is 0 Å². The summed E-state index contributed by atoms with van der Waals surface area (Å²) in [4.78, 5) is 4.60. The molecule has 0 heterocycles. The lowest BCUT2D eigenvalue weighted by atomic mass is 10.1. The van der Waals surface area contributed by atoms with Crippen molar-refractivity contribution in [3.63, 3.8) is 0 Å². The van der Waals surface area contributed by atoms with Gasteiger partial charge in [-0.2, -0.15) is 0 Å². The molecule has 0 saturated carbocycles. The summed E-state index contributed by atoms with van der Waals surface area (Å²) in [5.74, 6) is 1.28. The van der Waals surface area contributed by atoms with Gasteiger partial charge in [-0.1, -0.05) is 38.1 Å². The zero-order chi connectivity index (χ0) is 21.7. The molecule has 0 spiro atoms. The maximum atomic E-state index is 12.3. The van der Waals surface area contributed by atoms with Crippen LogP contribution in [0.5, 0.6) is 0 Å². The van der Waals surface area contributed by atoms with E-state index in [-0.39, 0.29) is 11.8 Å². The smallest absolute Gasteiger partial charge is 0.216 e. The van der Waals surface area contributed by atoms with Crippen molar-refractivity contribution in [3.8, 4) is 0 Å². The molecule has 166 valence electrons. The first-order chi connectivity index (χ1) is 13.7. The fourth-order valence-electron chi connectivity index (χ4n) is 2.63. The third-order valence-corrected chi connectivity index (χ3v) is 5.53. The highest BCUT2D eigenvalue weighted by Crippen LogP contribution is 2.13. The molecule has 0 aliphatic rings. The van der Waals surface area contributed by atoms with Crippen LogP contribution in [0.15, 0.2) is 29.3 Å². The fraction of sp³-hybridized carbons (Fsp3) is 0.667. The van der Waals surface area contributed by atoms with Gasteiger partial charge >= 0.3 is 0 Å². The van der Waals surface area contributed by atoms with Crippen molar-refractivity contribution in [1.29, 1.82) is 0 Å². The first-order valence-corrected chi connectivity index (χ1v) is 12.1. The third kappa shape index (κ3) is 11.8. The second-order valence-electron chi connectivity index (χ2n) is 7.72. The molecule has 0 aromatic heterocycles. The normalized spacial score (nSPS) is 12.6. The average Bonchev–Trinajstić information content (AvgIpc) is 2.61. The van der Waals surface area contributed by atoms with Gasteiger partial charge in [0.25, 0.3) is 0 Å². The van der Waals surface area contributed by atoms with Crippen LogP contribution >= 0.6 is 0 Å². The van der Waals surface area contributed by atoms with Crippen LogP contribution in [0.1, 0.15) is 52.2 Å². The minimum absolute atomic E-state index is 0.0511. The van der Waals surface area contributed by atoms with Crippen molar-refractivity contribution in [2.24, 2.45) is 10.9 Å². The van der Waals surface area contributed by atoms with E-state index in [1.807, 2.05) is 45.0 Å². The van der Waals surface area contributed by atoms with E-state index in [0.717, 1.165) is 30.7 Å². The van der Waals surface area contributed by atoms with E-state index in [9.17, 15) is 8.42 Å². The van der Waals surface area contributed by atoms with Crippen molar-refractivity contribution < 1.29 is 13.2 Å². The van der Waals surface area contributed by atoms with Gasteiger partial charge in [0.05, 0.1) is 18.9 Å². The summed E-state index contributed by atoms with van der Waals surface area (Å²) in [6.07, 6.45) is 1.06. The molecule has 0 saturated heterocycles. The Bertz CT molecular complexity index is 718. The number of hydrogen-bond acceptors (Lipinski definition) is 4. The summed E-state index contributed by atoms with van der Waals surface area (Å²) >= 11 is 0. The molecule has 1 aromatic rings. The molecule has 0 aliphatic heterocycles. The number of sulfonamides is 1. The van der Waals surface area contributed by atoms with E-state index in [4.69, 9.17) is 4.74 Å². The SMILES string of the molecule is CCNC(=NCc1ccccc1CS(=O)(=O)NC(C)C)NCCOCCC(C)C. The number of nitrogens with zero attached hydrogens (tertiary/aromatic N) is 1. The zero-order valence-electron chi connectivity index (χ0n) is 18.5. The summed E-state index contributed by atoms with van der Waals surface area (Å²) in [5, 5.41) is 6.46. The van der Waals surface area contributed by atoms with Gasteiger partial charge in [0.15, 0.2) is 5.96 Å². The maximum Gasteiger partial charge on any atom is 0.216 e. The largest absolute Gasteiger partial charge is 0.380 e. The lowest BCUT2D eigenvalue weighted by Crippen LogP contribution is -2.39. The van der Waals surface area contributed by atoms with E-state index >= 15 is 0 Å². The highest BCUT2D eigenvalue weighted by Gasteiger charge is 2.15. The summed E-state index contributed by atoms with van der Waals surface area (Å²) < 4.78 is 32.8. The third-order valence-electron chi connectivity index (χ3n) is 4.01. The van der Waals surface area contributed by atoms with Gasteiger partial charge in [-0.15, -0.1) is 0 Å². The molecule has 0 aliphatic carbocycles. The number of ether oxygens (including phenoxy) is 1. The lowest BCUT2D eigenvalue weighted by molar-refractivity contribution is 0.128. The molecule has 1 rings (SSSR count). The van der Waals surface area contributed by atoms with Crippen LogP contribution in [-0.2, 0) is 27.1 Å². The number of nitrogens with one attached hydrogen (secondary N) is 3. The topological polar surface area (TPSA) is 91.8 Å². The summed E-state index contributed by atoms with van der Waals surface area (Å²) in [6, 6.07) is 7.39. The van der Waals surface area contributed by atoms with Crippen molar-refractivity contribution in [3.05, 3.63) is 35.4 Å². The summed E-state index contributed by atoms with van der Waals surface area (Å²) in [5.41, 5.74) is 1.66. The summed E-state index contributed by atoms with van der Waals surface area (Å²) in [6.45, 7) is 13.2. The predicted molar refractivity (Wildman–Crippen MR) is 120 cm³/mol. The van der Waals surface area contributed by atoms with Crippen molar-refractivity contribution in [2.75, 3.05) is 26.3 Å². The first kappa shape index (κ1) is 25.4. The van der Waals surface area contributed by atoms with Crippen molar-refractivity contribution in [2.45, 2.75) is 59.4 Å². The minimum atomic E-state index is -3.38. The standard InChI is InChI=1S/C21H38N4O3S/c1-6-22-21(23-12-14-28-13-11-17(2)3)24-15-19-9-7-8-10-20(19)16-29(26,27)25-18(4)5/h7-10,17-18,25H,6,11-16H2,1-5H3,(H2,22,23,24). The predicted octanol–water partition coefficient (Wildman–Crippen LogP) is 2.63. The average molecular weight is 427 g/mol. The molecule has 0 fully saturated rings. The number of guanidine groups is 1. The van der Waals surface area contributed by atoms with Crippen LogP contribution in [0.3, 0.4) is 0 Å². The van der Waals surface area contributed by atoms with Gasteiger partial charge in [-0.05, 0) is 44.2 Å². The van der Waals surface area contributed by atoms with Crippen LogP contribution in [-0.4, -0.2) is 46.7 Å². The van der Waals surface area contributed by atoms with Gasteiger partial charge in [0.2, 0.25) is 10.0 Å². The van der Waals surface area contributed by atoms with E-state index in [0.29, 0.717) is 31.6 Å². The Balaban J connectivity index is 2.67. The highest BCUT2D eigenvalue weighted by atomic mass is 32.2. The van der Waals surface area contributed by atoms with E-state index in [1.54, 1.807) is 0 Å². The molecule has 8 heteroatoms. The Morgan fingerprint density at radius 2 is 1.76 bits per heavy atom. The quantitative estimate of drug-likeness (QED) is 0.256. The molecule has 0 radical (unpaired) electrons.